The van der Waals surface area contributed by atoms with E-state index in [9.17, 15) is 24.9 Å². The minimum atomic E-state index is -2.42. The van der Waals surface area contributed by atoms with E-state index < -0.39 is 88.9 Å². The molecule has 7 rings (SSSR count). The van der Waals surface area contributed by atoms with Crippen LogP contribution in [0.25, 0.3) is 0 Å². The monoisotopic (exact) mass is 646 g/mol. The summed E-state index contributed by atoms with van der Waals surface area (Å²) in [7, 11) is 0. The van der Waals surface area contributed by atoms with Gasteiger partial charge >= 0.3 is 11.9 Å². The molecule has 6 aliphatic rings. The van der Waals surface area contributed by atoms with Gasteiger partial charge in [-0.1, -0.05) is 81.5 Å². The van der Waals surface area contributed by atoms with Crippen molar-refractivity contribution in [2.75, 3.05) is 6.61 Å². The first-order valence-electron chi connectivity index (χ1n) is 16.3. The Morgan fingerprint density at radius 3 is 2.49 bits per heavy atom. The fourth-order valence-corrected chi connectivity index (χ4v) is 9.03. The van der Waals surface area contributed by atoms with Crippen molar-refractivity contribution >= 4 is 11.8 Å². The number of benzene rings is 1. The van der Waals surface area contributed by atoms with E-state index in [4.69, 9.17) is 23.7 Å². The largest absolute Gasteiger partial charge is 0.455 e. The normalized spacial score (nSPS) is 46.0. The molecule has 2 saturated carbocycles. The molecule has 3 N–H and O–H groups in total. The molecule has 0 spiro atoms. The number of rotatable bonds is 9. The number of ether oxygens (including phenoxy) is 5. The molecule has 10 heteroatoms. The maximum atomic E-state index is 13.8. The van der Waals surface area contributed by atoms with E-state index in [2.05, 4.69) is 19.6 Å². The van der Waals surface area contributed by atoms with Crippen molar-refractivity contribution in [3.05, 3.63) is 96.2 Å². The standard InChI is InChI=1S/C37H42O10/c1-6-7-8-9-10-11-15-18-34-45-30-26-29-33(20-38,44-29)32(41)35(42)25(19-22(4)27(35)39)37(26,47-34)23(5)28(36(30,46-34)21(2)3)43-31(40)24-16-13-12-14-17-24/h8-19,23,25-26,28-30,32,38,41-42H,2,6-7,20H2,1,3-5H3. The van der Waals surface area contributed by atoms with Gasteiger partial charge < -0.3 is 39.0 Å². The van der Waals surface area contributed by atoms with Gasteiger partial charge in [0, 0.05) is 23.8 Å². The Morgan fingerprint density at radius 1 is 1.09 bits per heavy atom. The second-order valence-corrected chi connectivity index (χ2v) is 13.8. The second kappa shape index (κ2) is 10.9. The quantitative estimate of drug-likeness (QED) is 0.158. The van der Waals surface area contributed by atoms with Crippen molar-refractivity contribution in [2.45, 2.75) is 93.3 Å². The first-order valence-corrected chi connectivity index (χ1v) is 16.3. The topological polar surface area (TPSA) is 144 Å². The van der Waals surface area contributed by atoms with E-state index >= 15 is 0 Å². The molecule has 3 aliphatic carbocycles. The summed E-state index contributed by atoms with van der Waals surface area (Å²) in [4.78, 5) is 27.6. The molecule has 3 bridgehead atoms. The van der Waals surface area contributed by atoms with Gasteiger partial charge in [-0.25, -0.2) is 4.79 Å². The van der Waals surface area contributed by atoms with Gasteiger partial charge in [0.1, 0.15) is 30.0 Å². The highest BCUT2D eigenvalue weighted by molar-refractivity contribution is 6.05. The molecule has 3 heterocycles. The highest BCUT2D eigenvalue weighted by atomic mass is 16.9. The third-order valence-corrected chi connectivity index (χ3v) is 11.2. The van der Waals surface area contributed by atoms with Crippen LogP contribution < -0.4 is 0 Å². The predicted octanol–water partition coefficient (Wildman–Crippen LogP) is 3.48. The molecule has 1 aromatic rings. The number of carbonyl (C=O) groups is 2. The lowest BCUT2D eigenvalue weighted by molar-refractivity contribution is -0.407. The molecule has 3 aliphatic heterocycles. The van der Waals surface area contributed by atoms with Crippen LogP contribution in [0.3, 0.4) is 0 Å². The van der Waals surface area contributed by atoms with Crippen molar-refractivity contribution in [3.63, 3.8) is 0 Å². The summed E-state index contributed by atoms with van der Waals surface area (Å²) in [5.74, 6) is -5.89. The van der Waals surface area contributed by atoms with Crippen molar-refractivity contribution < 1.29 is 48.6 Å². The van der Waals surface area contributed by atoms with Crippen LogP contribution in [0.5, 0.6) is 0 Å². The zero-order chi connectivity index (χ0) is 33.6. The first kappa shape index (κ1) is 32.3. The van der Waals surface area contributed by atoms with Crippen LogP contribution in [0.1, 0.15) is 50.9 Å². The van der Waals surface area contributed by atoms with Gasteiger partial charge in [0.15, 0.2) is 17.0 Å². The first-order chi connectivity index (χ1) is 22.4. The Kier molecular flexibility index (Phi) is 7.50. The van der Waals surface area contributed by atoms with E-state index in [0.717, 1.165) is 12.8 Å². The van der Waals surface area contributed by atoms with Crippen LogP contribution in [0.2, 0.25) is 0 Å². The minimum Gasteiger partial charge on any atom is -0.455 e. The van der Waals surface area contributed by atoms with E-state index in [-0.39, 0.29) is 5.57 Å². The van der Waals surface area contributed by atoms with Gasteiger partial charge in [0.25, 0.3) is 0 Å². The van der Waals surface area contributed by atoms with E-state index in [1.807, 2.05) is 19.1 Å². The third kappa shape index (κ3) is 4.10. The van der Waals surface area contributed by atoms with Gasteiger partial charge in [-0.3, -0.25) is 4.79 Å². The average molecular weight is 647 g/mol. The molecule has 0 radical (unpaired) electrons. The summed E-state index contributed by atoms with van der Waals surface area (Å²) in [6.07, 6.45) is 9.87. The predicted molar refractivity (Wildman–Crippen MR) is 169 cm³/mol. The van der Waals surface area contributed by atoms with Crippen LogP contribution in [-0.4, -0.2) is 86.5 Å². The summed E-state index contributed by atoms with van der Waals surface area (Å²) >= 11 is 0. The lowest BCUT2D eigenvalue weighted by atomic mass is 9.53. The Balaban J connectivity index is 1.43. The van der Waals surface area contributed by atoms with Gasteiger partial charge in [0.2, 0.25) is 0 Å². The van der Waals surface area contributed by atoms with E-state index in [0.29, 0.717) is 11.1 Å². The van der Waals surface area contributed by atoms with Crippen LogP contribution in [-0.2, 0) is 28.5 Å². The van der Waals surface area contributed by atoms with E-state index in [1.165, 1.54) is 0 Å². The molecule has 0 amide bonds. The fourth-order valence-electron chi connectivity index (χ4n) is 9.03. The van der Waals surface area contributed by atoms with Crippen LogP contribution >= 0.6 is 0 Å². The lowest BCUT2D eigenvalue weighted by Crippen LogP contribution is -2.76. The maximum absolute atomic E-state index is 13.8. The number of ketones is 1. The summed E-state index contributed by atoms with van der Waals surface area (Å²) < 4.78 is 33.1. The van der Waals surface area contributed by atoms with Gasteiger partial charge in [-0.15, -0.1) is 0 Å². The van der Waals surface area contributed by atoms with Crippen molar-refractivity contribution in [2.24, 2.45) is 17.8 Å². The molecule has 12 unspecified atom stereocenters. The number of aliphatic hydroxyl groups excluding tert-OH is 2. The molecular formula is C37H42O10. The summed E-state index contributed by atoms with van der Waals surface area (Å²) in [5.41, 5.74) is -6.08. The summed E-state index contributed by atoms with van der Waals surface area (Å²) in [6.45, 7) is 10.9. The van der Waals surface area contributed by atoms with Gasteiger partial charge in [-0.05, 0) is 43.5 Å². The minimum absolute atomic E-state index is 0.230. The fraction of sp³-hybridized carbons (Fsp3) is 0.514. The number of esters is 1. The zero-order valence-electron chi connectivity index (χ0n) is 27.0. The van der Waals surface area contributed by atoms with Crippen LogP contribution in [0.15, 0.2) is 90.6 Å². The molecular weight excluding hydrogens is 604 g/mol. The van der Waals surface area contributed by atoms with Crippen molar-refractivity contribution in [1.29, 1.82) is 0 Å². The van der Waals surface area contributed by atoms with Crippen LogP contribution in [0, 0.1) is 17.8 Å². The molecule has 47 heavy (non-hydrogen) atoms. The SMILES string of the molecule is C=C(C)C12OC3(C=CC=CC=CCCC)OC1C1C4OC4(CO)C(O)C4(O)C(=O)C(C)=CC4C1(O3)C(C)C2OC(=O)c1ccccc1. The Hall–Kier alpha value is -3.22. The highest BCUT2D eigenvalue weighted by Gasteiger charge is 2.90. The molecule has 12 atom stereocenters. The summed E-state index contributed by atoms with van der Waals surface area (Å²) in [5, 5.41) is 34.9. The molecule has 1 aromatic carbocycles. The number of epoxide rings is 1. The van der Waals surface area contributed by atoms with Crippen molar-refractivity contribution in [3.8, 4) is 0 Å². The number of hydrogen-bond donors (Lipinski definition) is 3. The number of hydrogen-bond acceptors (Lipinski definition) is 10. The molecule has 250 valence electrons. The highest BCUT2D eigenvalue weighted by Crippen LogP contribution is 2.73. The van der Waals surface area contributed by atoms with Gasteiger partial charge in [0.05, 0.1) is 17.8 Å². The van der Waals surface area contributed by atoms with E-state index in [1.54, 1.807) is 68.5 Å². The molecule has 10 nitrogen and oxygen atoms in total. The maximum Gasteiger partial charge on any atom is 0.338 e. The second-order valence-electron chi connectivity index (χ2n) is 13.8. The number of carbonyl (C=O) groups excluding carboxylic acids is 2. The lowest BCUT2D eigenvalue weighted by Gasteiger charge is -2.61. The number of unbranched alkanes of at least 4 members (excludes halogenated alkanes) is 1. The Morgan fingerprint density at radius 2 is 1.81 bits per heavy atom. The number of Topliss-reactive ketones (excluding diaryl/α,β-unsaturated/α-hetero) is 1. The van der Waals surface area contributed by atoms with Crippen LogP contribution in [0.4, 0.5) is 0 Å². The third-order valence-electron chi connectivity index (χ3n) is 11.2. The molecule has 3 saturated heterocycles. The average Bonchev–Trinajstić information content (AvgIpc) is 3.69. The summed E-state index contributed by atoms with van der Waals surface area (Å²) in [6, 6.07) is 8.55. The number of allylic oxidation sites excluding steroid dienone is 5. The smallest absolute Gasteiger partial charge is 0.338 e. The Bertz CT molecular complexity index is 1610. The number of fused-ring (bicyclic) bond motifs is 3. The zero-order valence-corrected chi connectivity index (χ0v) is 27.0. The van der Waals surface area contributed by atoms with Crippen molar-refractivity contribution in [1.82, 2.24) is 0 Å². The Labute approximate surface area is 274 Å². The molecule has 5 fully saturated rings. The number of aliphatic hydroxyl groups is 3. The molecule has 0 aromatic heterocycles. The van der Waals surface area contributed by atoms with Gasteiger partial charge in [-0.2, -0.15) is 0 Å².